The summed E-state index contributed by atoms with van der Waals surface area (Å²) >= 11 is 6.21. The molecular weight excluding hydrogens is 294 g/mol. The molecule has 0 atom stereocenters. The van der Waals surface area contributed by atoms with Crippen LogP contribution < -0.4 is 9.47 Å². The lowest BCUT2D eigenvalue weighted by molar-refractivity contribution is -0.140. The quantitative estimate of drug-likeness (QED) is 0.755. The summed E-state index contributed by atoms with van der Waals surface area (Å²) in [5.74, 6) is 1.15. The molecule has 21 heavy (non-hydrogen) atoms. The summed E-state index contributed by atoms with van der Waals surface area (Å²) in [6.45, 7) is 2.61. The molecule has 0 N–H and O–H groups in total. The van der Waals surface area contributed by atoms with Crippen molar-refractivity contribution in [3.8, 4) is 11.5 Å². The molecule has 1 aromatic rings. The Kier molecular flexibility index (Phi) is 5.70. The van der Waals surface area contributed by atoms with Gasteiger partial charge in [0.25, 0.3) is 0 Å². The van der Waals surface area contributed by atoms with Crippen LogP contribution in [0.2, 0.25) is 5.02 Å². The third-order valence-corrected chi connectivity index (χ3v) is 3.54. The number of halogens is 1. The Morgan fingerprint density at radius 3 is 2.90 bits per heavy atom. The molecule has 1 heterocycles. The van der Waals surface area contributed by atoms with Gasteiger partial charge in [-0.05, 0) is 37.7 Å². The summed E-state index contributed by atoms with van der Waals surface area (Å²) in [7, 11) is 3.41. The van der Waals surface area contributed by atoms with Gasteiger partial charge in [-0.15, -0.1) is 0 Å². The highest BCUT2D eigenvalue weighted by Gasteiger charge is 2.17. The first-order valence-corrected chi connectivity index (χ1v) is 7.31. The van der Waals surface area contributed by atoms with Crippen LogP contribution in [0.1, 0.15) is 18.4 Å². The molecular formula is C15H20ClNO4. The highest BCUT2D eigenvalue weighted by atomic mass is 35.5. The van der Waals surface area contributed by atoms with Gasteiger partial charge < -0.3 is 19.1 Å². The molecule has 0 unspecified atom stereocenters. The van der Waals surface area contributed by atoms with Gasteiger partial charge in [-0.1, -0.05) is 11.6 Å². The Labute approximate surface area is 129 Å². The van der Waals surface area contributed by atoms with Crippen LogP contribution in [0.5, 0.6) is 11.5 Å². The van der Waals surface area contributed by atoms with Gasteiger partial charge in [-0.3, -0.25) is 4.79 Å². The van der Waals surface area contributed by atoms with Crippen molar-refractivity contribution in [2.75, 3.05) is 33.9 Å². The molecule has 0 aliphatic carbocycles. The van der Waals surface area contributed by atoms with Gasteiger partial charge in [0.1, 0.15) is 13.2 Å². The Morgan fingerprint density at radius 1 is 1.38 bits per heavy atom. The fraction of sp³-hybridized carbons (Fsp3) is 0.533. The van der Waals surface area contributed by atoms with Gasteiger partial charge in [0.2, 0.25) is 0 Å². The molecule has 0 aromatic heterocycles. The minimum atomic E-state index is -0.175. The number of ether oxygens (including phenoxy) is 3. The minimum absolute atomic E-state index is 0.175. The maximum Gasteiger partial charge on any atom is 0.305 e. The smallest absolute Gasteiger partial charge is 0.305 e. The molecule has 1 aromatic carbocycles. The van der Waals surface area contributed by atoms with Crippen molar-refractivity contribution in [2.24, 2.45) is 0 Å². The van der Waals surface area contributed by atoms with E-state index in [2.05, 4.69) is 9.64 Å². The molecule has 0 saturated heterocycles. The summed E-state index contributed by atoms with van der Waals surface area (Å²) in [5.41, 5.74) is 1.06. The Hall–Kier alpha value is -1.46. The Bertz CT molecular complexity index is 507. The van der Waals surface area contributed by atoms with Crippen LogP contribution in [-0.2, 0) is 16.1 Å². The van der Waals surface area contributed by atoms with Crippen molar-refractivity contribution in [3.63, 3.8) is 0 Å². The fourth-order valence-corrected chi connectivity index (χ4v) is 2.53. The SMILES string of the molecule is COC(=O)CCCN(C)Cc1cc(Cl)c2c(c1)OCCO2. The van der Waals surface area contributed by atoms with Gasteiger partial charge in [0.15, 0.2) is 11.5 Å². The van der Waals surface area contributed by atoms with Gasteiger partial charge in [0, 0.05) is 13.0 Å². The highest BCUT2D eigenvalue weighted by Crippen LogP contribution is 2.38. The number of carbonyl (C=O) groups excluding carboxylic acids is 1. The third kappa shape index (κ3) is 4.51. The zero-order valence-electron chi connectivity index (χ0n) is 12.4. The van der Waals surface area contributed by atoms with Crippen LogP contribution in [0.15, 0.2) is 12.1 Å². The van der Waals surface area contributed by atoms with Crippen molar-refractivity contribution in [1.29, 1.82) is 0 Å². The summed E-state index contributed by atoms with van der Waals surface area (Å²) in [6.07, 6.45) is 1.20. The summed E-state index contributed by atoms with van der Waals surface area (Å²) < 4.78 is 15.7. The predicted octanol–water partition coefficient (Wildman–Crippen LogP) is 2.50. The van der Waals surface area contributed by atoms with Crippen LogP contribution >= 0.6 is 11.6 Å². The number of hydrogen-bond acceptors (Lipinski definition) is 5. The van der Waals surface area contributed by atoms with E-state index in [9.17, 15) is 4.79 Å². The number of nitrogens with zero attached hydrogens (tertiary/aromatic N) is 1. The van der Waals surface area contributed by atoms with Gasteiger partial charge in [-0.25, -0.2) is 0 Å². The lowest BCUT2D eigenvalue weighted by atomic mass is 10.1. The molecule has 116 valence electrons. The van der Waals surface area contributed by atoms with Crippen molar-refractivity contribution >= 4 is 17.6 Å². The van der Waals surface area contributed by atoms with Crippen LogP contribution in [0.4, 0.5) is 0 Å². The first-order chi connectivity index (χ1) is 10.1. The maximum atomic E-state index is 11.1. The molecule has 6 heteroatoms. The van der Waals surface area contributed by atoms with E-state index in [1.54, 1.807) is 0 Å². The van der Waals surface area contributed by atoms with Crippen molar-refractivity contribution in [1.82, 2.24) is 4.90 Å². The normalized spacial score (nSPS) is 13.3. The van der Waals surface area contributed by atoms with Crippen molar-refractivity contribution in [3.05, 3.63) is 22.7 Å². The van der Waals surface area contributed by atoms with Crippen LogP contribution in [0.25, 0.3) is 0 Å². The molecule has 0 fully saturated rings. The van der Waals surface area contributed by atoms with Crippen LogP contribution in [-0.4, -0.2) is 44.8 Å². The fourth-order valence-electron chi connectivity index (χ4n) is 2.24. The highest BCUT2D eigenvalue weighted by molar-refractivity contribution is 6.32. The van der Waals surface area contributed by atoms with E-state index < -0.39 is 0 Å². The predicted molar refractivity (Wildman–Crippen MR) is 80.0 cm³/mol. The van der Waals surface area contributed by atoms with E-state index in [1.165, 1.54) is 7.11 Å². The second-order valence-electron chi connectivity index (χ2n) is 5.02. The maximum absolute atomic E-state index is 11.1. The number of fused-ring (bicyclic) bond motifs is 1. The molecule has 0 bridgehead atoms. The van der Waals surface area contributed by atoms with Gasteiger partial charge in [-0.2, -0.15) is 0 Å². The summed E-state index contributed by atoms with van der Waals surface area (Å²) in [4.78, 5) is 13.2. The molecule has 2 rings (SSSR count). The molecule has 1 aliphatic rings. The number of benzene rings is 1. The van der Waals surface area contributed by atoms with E-state index in [0.717, 1.165) is 25.1 Å². The van der Waals surface area contributed by atoms with E-state index in [1.807, 2.05) is 19.2 Å². The van der Waals surface area contributed by atoms with E-state index in [0.29, 0.717) is 36.2 Å². The van der Waals surface area contributed by atoms with E-state index in [4.69, 9.17) is 21.1 Å². The Balaban J connectivity index is 1.90. The van der Waals surface area contributed by atoms with E-state index in [-0.39, 0.29) is 5.97 Å². The topological polar surface area (TPSA) is 48.0 Å². The zero-order valence-corrected chi connectivity index (χ0v) is 13.1. The second kappa shape index (κ2) is 7.52. The summed E-state index contributed by atoms with van der Waals surface area (Å²) in [5, 5.41) is 0.574. The number of carbonyl (C=O) groups is 1. The molecule has 0 amide bonds. The minimum Gasteiger partial charge on any atom is -0.486 e. The van der Waals surface area contributed by atoms with Crippen LogP contribution in [0.3, 0.4) is 0 Å². The average molecular weight is 314 g/mol. The second-order valence-corrected chi connectivity index (χ2v) is 5.43. The average Bonchev–Trinajstić information content (AvgIpc) is 2.47. The first-order valence-electron chi connectivity index (χ1n) is 6.93. The molecule has 0 spiro atoms. The lowest BCUT2D eigenvalue weighted by Gasteiger charge is -2.22. The number of hydrogen-bond donors (Lipinski definition) is 0. The third-order valence-electron chi connectivity index (χ3n) is 3.26. The number of esters is 1. The molecule has 0 radical (unpaired) electrons. The molecule has 0 saturated carbocycles. The van der Waals surface area contributed by atoms with Gasteiger partial charge in [0.05, 0.1) is 12.1 Å². The lowest BCUT2D eigenvalue weighted by Crippen LogP contribution is -2.21. The molecule has 5 nitrogen and oxygen atoms in total. The standard InChI is InChI=1S/C15H20ClNO4/c1-17(5-3-4-14(18)19-2)10-11-8-12(16)15-13(9-11)20-6-7-21-15/h8-9H,3-7,10H2,1-2H3. The molecule has 1 aliphatic heterocycles. The number of rotatable bonds is 6. The number of methoxy groups -OCH3 is 1. The van der Waals surface area contributed by atoms with Crippen molar-refractivity contribution in [2.45, 2.75) is 19.4 Å². The Morgan fingerprint density at radius 2 is 2.14 bits per heavy atom. The summed E-state index contributed by atoms with van der Waals surface area (Å²) in [6, 6.07) is 3.85. The van der Waals surface area contributed by atoms with E-state index >= 15 is 0 Å². The zero-order chi connectivity index (χ0) is 15.2. The largest absolute Gasteiger partial charge is 0.486 e. The van der Waals surface area contributed by atoms with Crippen molar-refractivity contribution < 1.29 is 19.0 Å². The van der Waals surface area contributed by atoms with Gasteiger partial charge >= 0.3 is 5.97 Å². The first kappa shape index (κ1) is 15.9. The van der Waals surface area contributed by atoms with Crippen LogP contribution in [0, 0.1) is 0 Å². The monoisotopic (exact) mass is 313 g/mol.